The Hall–Kier alpha value is -1.15. The van der Waals surface area contributed by atoms with Crippen LogP contribution in [0, 0.1) is 6.92 Å². The number of fused-ring (bicyclic) bond motifs is 1. The second kappa shape index (κ2) is 2.72. The zero-order valence-electron chi connectivity index (χ0n) is 6.70. The highest BCUT2D eigenvalue weighted by molar-refractivity contribution is 7.17. The molecule has 1 aromatic carbocycles. The van der Waals surface area contributed by atoms with Crippen LogP contribution in [-0.2, 0) is 0 Å². The Labute approximate surface area is 74.6 Å². The molecule has 0 atom stereocenters. The van der Waals surface area contributed by atoms with Gasteiger partial charge in [-0.15, -0.1) is 11.3 Å². The fourth-order valence-corrected chi connectivity index (χ4v) is 2.31. The topological polar surface area (TPSA) is 17.1 Å². The lowest BCUT2D eigenvalue weighted by Crippen LogP contribution is -1.75. The maximum atomic E-state index is 10.6. The van der Waals surface area contributed by atoms with Crippen molar-refractivity contribution in [1.82, 2.24) is 0 Å². The van der Waals surface area contributed by atoms with E-state index in [1.807, 2.05) is 17.5 Å². The van der Waals surface area contributed by atoms with Crippen molar-refractivity contribution in [2.24, 2.45) is 0 Å². The van der Waals surface area contributed by atoms with Gasteiger partial charge in [0.1, 0.15) is 0 Å². The molecule has 0 amide bonds. The second-order valence-corrected chi connectivity index (χ2v) is 3.64. The number of thiophene rings is 1. The van der Waals surface area contributed by atoms with Gasteiger partial charge in [-0.3, -0.25) is 4.79 Å². The van der Waals surface area contributed by atoms with Crippen molar-refractivity contribution in [3.8, 4) is 0 Å². The highest BCUT2D eigenvalue weighted by Crippen LogP contribution is 2.27. The minimum atomic E-state index is 0.804. The van der Waals surface area contributed by atoms with Crippen molar-refractivity contribution in [2.45, 2.75) is 6.92 Å². The summed E-state index contributed by atoms with van der Waals surface area (Å²) in [6, 6.07) is 6.04. The summed E-state index contributed by atoms with van der Waals surface area (Å²) >= 11 is 1.63. The maximum absolute atomic E-state index is 10.6. The molecule has 0 saturated carbocycles. The number of carbonyl (C=O) groups excluding carboxylic acids is 1. The summed E-state index contributed by atoms with van der Waals surface area (Å²) in [7, 11) is 0. The molecule has 0 fully saturated rings. The molecule has 12 heavy (non-hydrogen) atoms. The van der Waals surface area contributed by atoms with E-state index in [1.165, 1.54) is 10.3 Å². The fraction of sp³-hybridized carbons (Fsp3) is 0.100. The van der Waals surface area contributed by atoms with E-state index in [-0.39, 0.29) is 0 Å². The lowest BCUT2D eigenvalue weighted by Gasteiger charge is -1.93. The van der Waals surface area contributed by atoms with Gasteiger partial charge >= 0.3 is 0 Å². The molecule has 2 heteroatoms. The minimum absolute atomic E-state index is 0.804. The minimum Gasteiger partial charge on any atom is -0.298 e. The quantitative estimate of drug-likeness (QED) is 0.610. The Morgan fingerprint density at radius 1 is 1.42 bits per heavy atom. The third kappa shape index (κ3) is 0.959. The van der Waals surface area contributed by atoms with Gasteiger partial charge in [-0.2, -0.15) is 0 Å². The van der Waals surface area contributed by atoms with Crippen LogP contribution in [0.5, 0.6) is 0 Å². The van der Waals surface area contributed by atoms with Gasteiger partial charge in [0.2, 0.25) is 0 Å². The number of hydrogen-bond acceptors (Lipinski definition) is 2. The summed E-state index contributed by atoms with van der Waals surface area (Å²) in [5, 5.41) is 2.99. The molecule has 0 aliphatic heterocycles. The Kier molecular flexibility index (Phi) is 1.70. The normalized spacial score (nSPS) is 10.4. The first-order chi connectivity index (χ1) is 5.83. The first-order valence-electron chi connectivity index (χ1n) is 3.75. The first-order valence-corrected chi connectivity index (χ1v) is 4.63. The summed E-state index contributed by atoms with van der Waals surface area (Å²) in [4.78, 5) is 10.6. The van der Waals surface area contributed by atoms with E-state index in [2.05, 4.69) is 13.0 Å². The van der Waals surface area contributed by atoms with Crippen molar-refractivity contribution in [3.05, 3.63) is 34.7 Å². The van der Waals surface area contributed by atoms with E-state index in [9.17, 15) is 4.79 Å². The molecule has 2 rings (SSSR count). The lowest BCUT2D eigenvalue weighted by atomic mass is 10.1. The molecule has 0 unspecified atom stereocenters. The molecule has 1 heterocycles. The van der Waals surface area contributed by atoms with Gasteiger partial charge in [-0.1, -0.05) is 18.2 Å². The van der Waals surface area contributed by atoms with E-state index in [0.29, 0.717) is 0 Å². The molecule has 0 spiro atoms. The van der Waals surface area contributed by atoms with Gasteiger partial charge in [0.25, 0.3) is 0 Å². The molecule has 1 aromatic heterocycles. The molecule has 1 nitrogen and oxygen atoms in total. The second-order valence-electron chi connectivity index (χ2n) is 2.76. The van der Waals surface area contributed by atoms with Crippen molar-refractivity contribution in [2.75, 3.05) is 0 Å². The molecule has 0 aliphatic carbocycles. The van der Waals surface area contributed by atoms with Crippen molar-refractivity contribution >= 4 is 27.7 Å². The SMILES string of the molecule is Cc1cccc2c(C=O)csc12. The summed E-state index contributed by atoms with van der Waals surface area (Å²) in [5.74, 6) is 0. The number of benzene rings is 1. The van der Waals surface area contributed by atoms with Gasteiger partial charge in [-0.05, 0) is 12.5 Å². The molecule has 0 bridgehead atoms. The van der Waals surface area contributed by atoms with Crippen LogP contribution in [0.15, 0.2) is 23.6 Å². The number of hydrogen-bond donors (Lipinski definition) is 0. The zero-order valence-corrected chi connectivity index (χ0v) is 7.52. The first kappa shape index (κ1) is 7.50. The highest BCUT2D eigenvalue weighted by atomic mass is 32.1. The molecule has 0 N–H and O–H groups in total. The van der Waals surface area contributed by atoms with E-state index in [1.54, 1.807) is 11.3 Å². The van der Waals surface area contributed by atoms with Crippen LogP contribution in [-0.4, -0.2) is 6.29 Å². The third-order valence-electron chi connectivity index (χ3n) is 1.95. The molecular formula is C10H8OS. The van der Waals surface area contributed by atoms with Crippen LogP contribution in [0.25, 0.3) is 10.1 Å². The van der Waals surface area contributed by atoms with Crippen LogP contribution in [0.2, 0.25) is 0 Å². The average molecular weight is 176 g/mol. The molecular weight excluding hydrogens is 168 g/mol. The lowest BCUT2D eigenvalue weighted by molar-refractivity contribution is 0.112. The maximum Gasteiger partial charge on any atom is 0.151 e. The predicted molar refractivity (Wildman–Crippen MR) is 51.9 cm³/mol. The number of aldehydes is 1. The summed E-state index contributed by atoms with van der Waals surface area (Å²) in [5.41, 5.74) is 2.05. The van der Waals surface area contributed by atoms with Crippen LogP contribution in [0.4, 0.5) is 0 Å². The van der Waals surface area contributed by atoms with Gasteiger partial charge in [0, 0.05) is 21.0 Å². The molecule has 60 valence electrons. The summed E-state index contributed by atoms with van der Waals surface area (Å²) < 4.78 is 1.22. The Balaban J connectivity index is 2.88. The van der Waals surface area contributed by atoms with Gasteiger partial charge in [-0.25, -0.2) is 0 Å². The van der Waals surface area contributed by atoms with Crippen LogP contribution < -0.4 is 0 Å². The summed E-state index contributed by atoms with van der Waals surface area (Å²) in [6.45, 7) is 2.06. The fourth-order valence-electron chi connectivity index (χ4n) is 1.31. The zero-order chi connectivity index (χ0) is 8.55. The predicted octanol–water partition coefficient (Wildman–Crippen LogP) is 3.02. The standard InChI is InChI=1S/C10H8OS/c1-7-3-2-4-9-8(5-11)6-12-10(7)9/h2-6H,1H3. The van der Waals surface area contributed by atoms with E-state index in [4.69, 9.17) is 0 Å². The Morgan fingerprint density at radius 3 is 3.00 bits per heavy atom. The van der Waals surface area contributed by atoms with Crippen LogP contribution in [0.1, 0.15) is 15.9 Å². The number of rotatable bonds is 1. The van der Waals surface area contributed by atoms with Crippen LogP contribution in [0.3, 0.4) is 0 Å². The van der Waals surface area contributed by atoms with E-state index >= 15 is 0 Å². The monoisotopic (exact) mass is 176 g/mol. The summed E-state index contributed by atoms with van der Waals surface area (Å²) in [6.07, 6.45) is 0.915. The van der Waals surface area contributed by atoms with Gasteiger partial charge < -0.3 is 0 Å². The van der Waals surface area contributed by atoms with Crippen molar-refractivity contribution in [3.63, 3.8) is 0 Å². The van der Waals surface area contributed by atoms with Gasteiger partial charge in [0.05, 0.1) is 0 Å². The third-order valence-corrected chi connectivity index (χ3v) is 3.10. The molecule has 0 radical (unpaired) electrons. The van der Waals surface area contributed by atoms with Crippen molar-refractivity contribution < 1.29 is 4.79 Å². The highest BCUT2D eigenvalue weighted by Gasteiger charge is 2.03. The van der Waals surface area contributed by atoms with E-state index in [0.717, 1.165) is 17.2 Å². The smallest absolute Gasteiger partial charge is 0.151 e. The Morgan fingerprint density at radius 2 is 2.25 bits per heavy atom. The van der Waals surface area contributed by atoms with E-state index < -0.39 is 0 Å². The average Bonchev–Trinajstić information content (AvgIpc) is 2.49. The molecule has 0 aliphatic rings. The molecule has 2 aromatic rings. The largest absolute Gasteiger partial charge is 0.298 e. The van der Waals surface area contributed by atoms with Crippen LogP contribution >= 0.6 is 11.3 Å². The molecule has 0 saturated heterocycles. The van der Waals surface area contributed by atoms with Gasteiger partial charge in [0.15, 0.2) is 6.29 Å². The number of carbonyl (C=O) groups is 1. The van der Waals surface area contributed by atoms with Crippen molar-refractivity contribution in [1.29, 1.82) is 0 Å². The number of aryl methyl sites for hydroxylation is 1. The Bertz CT molecular complexity index is 428.